The second-order valence-electron chi connectivity index (χ2n) is 12.8. The van der Waals surface area contributed by atoms with Gasteiger partial charge in [0.2, 0.25) is 0 Å². The zero-order chi connectivity index (χ0) is 32.6. The standard InChI is InChI=1S/C40H70N4O2/c1-45-39-27-17-15-25-37(39)35-43-33-23-13-11-21-31-41-29-19-9-7-5-3-4-6-8-10-20-30-42-32-22-12-14-24-34-44-36-38-26-16-18-28-40(38)46-2/h15-18,25-28,41-44H,3-14,19-24,29-36H2,1-2H3. The van der Waals surface area contributed by atoms with Gasteiger partial charge in [0.1, 0.15) is 11.5 Å². The van der Waals surface area contributed by atoms with Gasteiger partial charge in [0.25, 0.3) is 0 Å². The van der Waals surface area contributed by atoms with Crippen molar-refractivity contribution in [3.8, 4) is 11.5 Å². The van der Waals surface area contributed by atoms with Crippen LogP contribution in [0, 0.1) is 0 Å². The van der Waals surface area contributed by atoms with Crippen molar-refractivity contribution >= 4 is 0 Å². The molecule has 0 atom stereocenters. The molecule has 0 aliphatic heterocycles. The van der Waals surface area contributed by atoms with Crippen molar-refractivity contribution in [1.82, 2.24) is 21.3 Å². The molecule has 46 heavy (non-hydrogen) atoms. The van der Waals surface area contributed by atoms with E-state index in [1.165, 1.54) is 153 Å². The highest BCUT2D eigenvalue weighted by Crippen LogP contribution is 2.17. The van der Waals surface area contributed by atoms with Crippen LogP contribution in [0.1, 0.15) is 127 Å². The number of hydrogen-bond acceptors (Lipinski definition) is 6. The van der Waals surface area contributed by atoms with Gasteiger partial charge < -0.3 is 30.7 Å². The van der Waals surface area contributed by atoms with Gasteiger partial charge in [-0.05, 0) is 89.9 Å². The molecule has 0 aromatic heterocycles. The highest BCUT2D eigenvalue weighted by molar-refractivity contribution is 5.33. The van der Waals surface area contributed by atoms with Crippen LogP contribution in [0.15, 0.2) is 48.5 Å². The maximum atomic E-state index is 5.42. The van der Waals surface area contributed by atoms with E-state index in [4.69, 9.17) is 9.47 Å². The van der Waals surface area contributed by atoms with Crippen molar-refractivity contribution in [3.05, 3.63) is 59.7 Å². The summed E-state index contributed by atoms with van der Waals surface area (Å²) in [5.41, 5.74) is 2.48. The molecule has 0 heterocycles. The van der Waals surface area contributed by atoms with E-state index < -0.39 is 0 Å². The number of unbranched alkanes of at least 4 members (excludes halogenated alkanes) is 15. The first kappa shape index (κ1) is 40.1. The van der Waals surface area contributed by atoms with Gasteiger partial charge in [0.05, 0.1) is 14.2 Å². The average Bonchev–Trinajstić information content (AvgIpc) is 3.09. The molecule has 0 aliphatic rings. The number of rotatable bonds is 33. The summed E-state index contributed by atoms with van der Waals surface area (Å²) in [6, 6.07) is 16.5. The van der Waals surface area contributed by atoms with Crippen LogP contribution in [0.3, 0.4) is 0 Å². The molecule has 0 bridgehead atoms. The lowest BCUT2D eigenvalue weighted by atomic mass is 10.1. The number of para-hydroxylation sites is 2. The van der Waals surface area contributed by atoms with E-state index in [2.05, 4.69) is 45.5 Å². The fourth-order valence-electron chi connectivity index (χ4n) is 6.02. The largest absolute Gasteiger partial charge is 0.496 e. The van der Waals surface area contributed by atoms with E-state index in [-0.39, 0.29) is 0 Å². The molecular formula is C40H70N4O2. The summed E-state index contributed by atoms with van der Waals surface area (Å²) in [4.78, 5) is 0. The van der Waals surface area contributed by atoms with E-state index in [0.29, 0.717) is 0 Å². The summed E-state index contributed by atoms with van der Waals surface area (Å²) >= 11 is 0. The lowest BCUT2D eigenvalue weighted by Gasteiger charge is -2.09. The van der Waals surface area contributed by atoms with Crippen molar-refractivity contribution in [2.75, 3.05) is 53.5 Å². The third kappa shape index (κ3) is 21.6. The van der Waals surface area contributed by atoms with Gasteiger partial charge >= 0.3 is 0 Å². The molecule has 6 nitrogen and oxygen atoms in total. The summed E-state index contributed by atoms with van der Waals surface area (Å²) in [6.45, 7) is 8.67. The van der Waals surface area contributed by atoms with Crippen molar-refractivity contribution in [3.63, 3.8) is 0 Å². The van der Waals surface area contributed by atoms with Gasteiger partial charge in [-0.25, -0.2) is 0 Å². The highest BCUT2D eigenvalue weighted by atomic mass is 16.5. The van der Waals surface area contributed by atoms with Crippen LogP contribution in [0.5, 0.6) is 11.5 Å². The van der Waals surface area contributed by atoms with Crippen LogP contribution >= 0.6 is 0 Å². The molecule has 6 heteroatoms. The van der Waals surface area contributed by atoms with E-state index in [9.17, 15) is 0 Å². The molecule has 0 saturated carbocycles. The lowest BCUT2D eigenvalue weighted by molar-refractivity contribution is 0.407. The van der Waals surface area contributed by atoms with Crippen LogP contribution in [0.4, 0.5) is 0 Å². The second-order valence-corrected chi connectivity index (χ2v) is 12.8. The number of ether oxygens (including phenoxy) is 2. The van der Waals surface area contributed by atoms with Gasteiger partial charge in [-0.2, -0.15) is 0 Å². The van der Waals surface area contributed by atoms with Crippen LogP contribution in [-0.2, 0) is 13.1 Å². The minimum absolute atomic E-state index is 0.887. The first-order valence-electron chi connectivity index (χ1n) is 18.9. The molecule has 0 spiro atoms. The predicted octanol–water partition coefficient (Wildman–Crippen LogP) is 8.78. The van der Waals surface area contributed by atoms with Crippen molar-refractivity contribution in [2.24, 2.45) is 0 Å². The Kier molecular flexibility index (Phi) is 26.3. The topological polar surface area (TPSA) is 66.6 Å². The van der Waals surface area contributed by atoms with Gasteiger partial charge in [0.15, 0.2) is 0 Å². The van der Waals surface area contributed by atoms with E-state index in [0.717, 1.165) is 37.7 Å². The minimum atomic E-state index is 0.887. The third-order valence-corrected chi connectivity index (χ3v) is 8.89. The van der Waals surface area contributed by atoms with Crippen LogP contribution in [0.2, 0.25) is 0 Å². The molecule has 262 valence electrons. The monoisotopic (exact) mass is 639 g/mol. The average molecular weight is 639 g/mol. The summed E-state index contributed by atoms with van der Waals surface area (Å²) in [5.74, 6) is 1.95. The molecule has 0 saturated heterocycles. The Morgan fingerprint density at radius 3 is 0.913 bits per heavy atom. The quantitative estimate of drug-likeness (QED) is 0.0586. The number of nitrogens with one attached hydrogen (secondary N) is 4. The van der Waals surface area contributed by atoms with Gasteiger partial charge in [0, 0.05) is 24.2 Å². The maximum absolute atomic E-state index is 5.42. The smallest absolute Gasteiger partial charge is 0.123 e. The molecule has 0 aliphatic carbocycles. The SMILES string of the molecule is COc1ccccc1CNCCCCCCNCCCCCCCCCCCCNCCCCCCNCc1ccccc1OC. The molecule has 0 unspecified atom stereocenters. The Bertz CT molecular complexity index is 865. The Hall–Kier alpha value is -2.12. The number of methoxy groups -OCH3 is 2. The van der Waals surface area contributed by atoms with Crippen molar-refractivity contribution < 1.29 is 9.47 Å². The summed E-state index contributed by atoms with van der Waals surface area (Å²) in [5, 5.41) is 14.4. The fourth-order valence-corrected chi connectivity index (χ4v) is 6.02. The number of benzene rings is 2. The Labute approximate surface area is 283 Å². The zero-order valence-corrected chi connectivity index (χ0v) is 29.8. The highest BCUT2D eigenvalue weighted by Gasteiger charge is 2.02. The Balaban J connectivity index is 1.18. The van der Waals surface area contributed by atoms with E-state index >= 15 is 0 Å². The second kappa shape index (κ2) is 30.2. The first-order chi connectivity index (χ1) is 22.8. The Morgan fingerprint density at radius 2 is 0.609 bits per heavy atom. The molecule has 4 N–H and O–H groups in total. The molecule has 0 amide bonds. The van der Waals surface area contributed by atoms with E-state index in [1.807, 2.05) is 24.3 Å². The third-order valence-electron chi connectivity index (χ3n) is 8.89. The first-order valence-corrected chi connectivity index (χ1v) is 18.9. The zero-order valence-electron chi connectivity index (χ0n) is 29.8. The lowest BCUT2D eigenvalue weighted by Crippen LogP contribution is -2.17. The fraction of sp³-hybridized carbons (Fsp3) is 0.700. The van der Waals surface area contributed by atoms with Gasteiger partial charge in [-0.1, -0.05) is 113 Å². The van der Waals surface area contributed by atoms with Crippen molar-refractivity contribution in [2.45, 2.75) is 129 Å². The van der Waals surface area contributed by atoms with E-state index in [1.54, 1.807) is 14.2 Å². The minimum Gasteiger partial charge on any atom is -0.496 e. The van der Waals surface area contributed by atoms with Gasteiger partial charge in [-0.15, -0.1) is 0 Å². The molecule has 0 fully saturated rings. The molecular weight excluding hydrogens is 568 g/mol. The van der Waals surface area contributed by atoms with Crippen LogP contribution in [0.25, 0.3) is 0 Å². The number of hydrogen-bond donors (Lipinski definition) is 4. The molecule has 0 radical (unpaired) electrons. The molecule has 2 aromatic carbocycles. The predicted molar refractivity (Wildman–Crippen MR) is 198 cm³/mol. The molecule has 2 rings (SSSR count). The maximum Gasteiger partial charge on any atom is 0.123 e. The summed E-state index contributed by atoms with van der Waals surface area (Å²) in [7, 11) is 3.48. The molecule has 2 aromatic rings. The summed E-state index contributed by atoms with van der Waals surface area (Å²) in [6.07, 6.45) is 24.3. The van der Waals surface area contributed by atoms with Gasteiger partial charge in [-0.3, -0.25) is 0 Å². The van der Waals surface area contributed by atoms with Crippen LogP contribution in [-0.4, -0.2) is 53.5 Å². The summed E-state index contributed by atoms with van der Waals surface area (Å²) < 4.78 is 10.8. The normalized spacial score (nSPS) is 11.3. The van der Waals surface area contributed by atoms with Crippen molar-refractivity contribution in [1.29, 1.82) is 0 Å². The Morgan fingerprint density at radius 1 is 0.348 bits per heavy atom. The van der Waals surface area contributed by atoms with Crippen LogP contribution < -0.4 is 30.7 Å².